The third-order valence-corrected chi connectivity index (χ3v) is 4.15. The van der Waals surface area contributed by atoms with E-state index in [2.05, 4.69) is 43.6 Å². The van der Waals surface area contributed by atoms with Gasteiger partial charge in [-0.25, -0.2) is 0 Å². The Balaban J connectivity index is 2.43. The molecule has 16 heavy (non-hydrogen) atoms. The summed E-state index contributed by atoms with van der Waals surface area (Å²) in [6.45, 7) is 9.13. The Morgan fingerprint density at radius 1 is 1.31 bits per heavy atom. The molecule has 0 aliphatic rings. The van der Waals surface area contributed by atoms with Gasteiger partial charge in [-0.1, -0.05) is 33.3 Å². The van der Waals surface area contributed by atoms with Gasteiger partial charge in [0, 0.05) is 11.4 Å². The van der Waals surface area contributed by atoms with E-state index >= 15 is 0 Å². The molecule has 1 aromatic heterocycles. The Kier molecular flexibility index (Phi) is 6.07. The number of hydrogen-bond donors (Lipinski definition) is 1. The Morgan fingerprint density at radius 2 is 2.12 bits per heavy atom. The average molecular weight is 239 g/mol. The third kappa shape index (κ3) is 4.67. The molecule has 0 fully saturated rings. The number of nitrogens with one attached hydrogen (secondary N) is 1. The Hall–Kier alpha value is -0.340. The van der Waals surface area contributed by atoms with Crippen molar-refractivity contribution < 1.29 is 0 Å². The molecule has 0 aromatic carbocycles. The first-order valence-corrected chi connectivity index (χ1v) is 7.31. The molecule has 1 heterocycles. The van der Waals surface area contributed by atoms with Crippen LogP contribution < -0.4 is 5.32 Å². The summed E-state index contributed by atoms with van der Waals surface area (Å²) in [4.78, 5) is 1.53. The summed E-state index contributed by atoms with van der Waals surface area (Å²) in [5.41, 5.74) is 0.467. The van der Waals surface area contributed by atoms with Crippen molar-refractivity contribution in [3.05, 3.63) is 22.4 Å². The van der Waals surface area contributed by atoms with Gasteiger partial charge in [-0.05, 0) is 42.7 Å². The zero-order chi connectivity index (χ0) is 11.9. The van der Waals surface area contributed by atoms with Gasteiger partial charge in [-0.2, -0.15) is 0 Å². The normalized spacial score (nSPS) is 14.9. The van der Waals surface area contributed by atoms with Crippen LogP contribution in [0.2, 0.25) is 0 Å². The highest BCUT2D eigenvalue weighted by Gasteiger charge is 2.22. The smallest absolute Gasteiger partial charge is 0.00454 e. The highest BCUT2D eigenvalue weighted by molar-refractivity contribution is 7.09. The first-order chi connectivity index (χ1) is 7.70. The lowest BCUT2D eigenvalue weighted by molar-refractivity contribution is 0.258. The number of rotatable bonds is 8. The van der Waals surface area contributed by atoms with Crippen LogP contribution >= 0.6 is 11.3 Å². The van der Waals surface area contributed by atoms with Crippen LogP contribution in [-0.2, 0) is 6.42 Å². The first-order valence-electron chi connectivity index (χ1n) is 6.43. The Morgan fingerprint density at radius 3 is 2.69 bits per heavy atom. The molecule has 0 aliphatic heterocycles. The second kappa shape index (κ2) is 7.08. The topological polar surface area (TPSA) is 12.0 Å². The highest BCUT2D eigenvalue weighted by Crippen LogP contribution is 2.29. The predicted molar refractivity (Wildman–Crippen MR) is 74.2 cm³/mol. The Labute approximate surface area is 104 Å². The molecule has 0 amide bonds. The van der Waals surface area contributed by atoms with Crippen LogP contribution in [0, 0.1) is 5.41 Å². The molecule has 1 aromatic rings. The molecule has 0 spiro atoms. The molecule has 92 valence electrons. The lowest BCUT2D eigenvalue weighted by atomic mass is 9.81. The molecule has 0 bridgehead atoms. The largest absolute Gasteiger partial charge is 0.316 e. The minimum atomic E-state index is 0.467. The van der Waals surface area contributed by atoms with Crippen LogP contribution in [0.1, 0.15) is 44.9 Å². The van der Waals surface area contributed by atoms with Crippen molar-refractivity contribution in [2.24, 2.45) is 5.41 Å². The third-order valence-electron chi connectivity index (χ3n) is 3.21. The van der Waals surface area contributed by atoms with E-state index in [1.54, 1.807) is 0 Å². The van der Waals surface area contributed by atoms with Gasteiger partial charge < -0.3 is 5.32 Å². The van der Waals surface area contributed by atoms with Crippen LogP contribution in [-0.4, -0.2) is 13.1 Å². The quantitative estimate of drug-likeness (QED) is 0.720. The molecule has 0 aliphatic carbocycles. The van der Waals surface area contributed by atoms with Gasteiger partial charge in [0.1, 0.15) is 0 Å². The maximum atomic E-state index is 3.51. The standard InChI is InChI=1S/C14H25NS/c1-4-9-14(3,12-15-5-2)10-8-13-7-6-11-16-13/h6-7,11,15H,4-5,8-10,12H2,1-3H3. The molecule has 1 nitrogen and oxygen atoms in total. The monoisotopic (exact) mass is 239 g/mol. The summed E-state index contributed by atoms with van der Waals surface area (Å²) in [6.07, 6.45) is 5.14. The molecule has 1 unspecified atom stereocenters. The lowest BCUT2D eigenvalue weighted by Crippen LogP contribution is -2.32. The summed E-state index contributed by atoms with van der Waals surface area (Å²) in [6, 6.07) is 4.41. The predicted octanol–water partition coefficient (Wildman–Crippen LogP) is 4.10. The van der Waals surface area contributed by atoms with Crippen molar-refractivity contribution in [1.82, 2.24) is 5.32 Å². The number of aryl methyl sites for hydroxylation is 1. The highest BCUT2D eigenvalue weighted by atomic mass is 32.1. The fourth-order valence-corrected chi connectivity index (χ4v) is 2.92. The van der Waals surface area contributed by atoms with Crippen molar-refractivity contribution in [2.45, 2.75) is 46.5 Å². The van der Waals surface area contributed by atoms with Gasteiger partial charge in [0.15, 0.2) is 0 Å². The fourth-order valence-electron chi connectivity index (χ4n) is 2.21. The minimum absolute atomic E-state index is 0.467. The van der Waals surface area contributed by atoms with Gasteiger partial charge >= 0.3 is 0 Å². The summed E-state index contributed by atoms with van der Waals surface area (Å²) in [7, 11) is 0. The summed E-state index contributed by atoms with van der Waals surface area (Å²) >= 11 is 1.89. The SMILES string of the molecule is CCCC(C)(CCc1cccs1)CNCC. The fraction of sp³-hybridized carbons (Fsp3) is 0.714. The van der Waals surface area contributed by atoms with E-state index in [0.717, 1.165) is 13.1 Å². The molecule has 1 rings (SSSR count). The van der Waals surface area contributed by atoms with Crippen molar-refractivity contribution in [3.63, 3.8) is 0 Å². The van der Waals surface area contributed by atoms with Gasteiger partial charge in [-0.3, -0.25) is 0 Å². The zero-order valence-electron chi connectivity index (χ0n) is 10.9. The van der Waals surface area contributed by atoms with Crippen molar-refractivity contribution in [1.29, 1.82) is 0 Å². The average Bonchev–Trinajstić information content (AvgIpc) is 2.77. The van der Waals surface area contributed by atoms with E-state index in [9.17, 15) is 0 Å². The minimum Gasteiger partial charge on any atom is -0.316 e. The van der Waals surface area contributed by atoms with Gasteiger partial charge in [0.05, 0.1) is 0 Å². The van der Waals surface area contributed by atoms with E-state index in [-0.39, 0.29) is 0 Å². The van der Waals surface area contributed by atoms with Gasteiger partial charge in [0.25, 0.3) is 0 Å². The summed E-state index contributed by atoms with van der Waals surface area (Å²) in [5.74, 6) is 0. The number of thiophene rings is 1. The van der Waals surface area contributed by atoms with E-state index in [1.165, 1.54) is 30.6 Å². The van der Waals surface area contributed by atoms with Crippen LogP contribution in [0.25, 0.3) is 0 Å². The first kappa shape index (κ1) is 13.7. The molecule has 1 atom stereocenters. The van der Waals surface area contributed by atoms with E-state index in [1.807, 2.05) is 11.3 Å². The van der Waals surface area contributed by atoms with E-state index in [4.69, 9.17) is 0 Å². The second-order valence-electron chi connectivity index (χ2n) is 4.92. The van der Waals surface area contributed by atoms with Crippen molar-refractivity contribution in [2.75, 3.05) is 13.1 Å². The van der Waals surface area contributed by atoms with Crippen molar-refractivity contribution in [3.8, 4) is 0 Å². The van der Waals surface area contributed by atoms with Gasteiger partial charge in [0.2, 0.25) is 0 Å². The lowest BCUT2D eigenvalue weighted by Gasteiger charge is -2.29. The maximum Gasteiger partial charge on any atom is 0.00454 e. The molecule has 0 saturated heterocycles. The Bertz CT molecular complexity index is 268. The van der Waals surface area contributed by atoms with Gasteiger partial charge in [-0.15, -0.1) is 11.3 Å². The molecule has 0 saturated carbocycles. The molecular weight excluding hydrogens is 214 g/mol. The van der Waals surface area contributed by atoms with E-state index in [0.29, 0.717) is 5.41 Å². The van der Waals surface area contributed by atoms with Crippen LogP contribution in [0.15, 0.2) is 17.5 Å². The number of hydrogen-bond acceptors (Lipinski definition) is 2. The molecule has 1 N–H and O–H groups in total. The summed E-state index contributed by atoms with van der Waals surface area (Å²) < 4.78 is 0. The van der Waals surface area contributed by atoms with Crippen LogP contribution in [0.5, 0.6) is 0 Å². The molecule has 2 heteroatoms. The molecular formula is C14H25NS. The van der Waals surface area contributed by atoms with Crippen LogP contribution in [0.4, 0.5) is 0 Å². The van der Waals surface area contributed by atoms with Crippen LogP contribution in [0.3, 0.4) is 0 Å². The zero-order valence-corrected chi connectivity index (χ0v) is 11.7. The summed E-state index contributed by atoms with van der Waals surface area (Å²) in [5, 5.41) is 5.68. The molecule has 0 radical (unpaired) electrons. The maximum absolute atomic E-state index is 3.51. The second-order valence-corrected chi connectivity index (χ2v) is 5.95. The van der Waals surface area contributed by atoms with E-state index < -0.39 is 0 Å². The van der Waals surface area contributed by atoms with Crippen molar-refractivity contribution >= 4 is 11.3 Å².